The molecule has 0 spiro atoms. The molecule has 1 atom stereocenters. The SMILES string of the molecule is CC(N)(C(=O)NCCOC1CCCC1)c1ccc(Br)cc1.Cl. The van der Waals surface area contributed by atoms with Gasteiger partial charge in [-0.25, -0.2) is 0 Å². The van der Waals surface area contributed by atoms with Gasteiger partial charge in [-0.05, 0) is 37.5 Å². The van der Waals surface area contributed by atoms with E-state index in [-0.39, 0.29) is 18.3 Å². The molecular formula is C16H24BrClN2O2. The average molecular weight is 392 g/mol. The monoisotopic (exact) mass is 390 g/mol. The highest BCUT2D eigenvalue weighted by Crippen LogP contribution is 2.21. The fraction of sp³-hybridized carbons (Fsp3) is 0.562. The topological polar surface area (TPSA) is 64.4 Å². The van der Waals surface area contributed by atoms with Crippen molar-refractivity contribution < 1.29 is 9.53 Å². The number of carbonyl (C=O) groups excluding carboxylic acids is 1. The molecule has 0 heterocycles. The highest BCUT2D eigenvalue weighted by Gasteiger charge is 2.30. The molecule has 2 rings (SSSR count). The Morgan fingerprint density at radius 1 is 1.36 bits per heavy atom. The summed E-state index contributed by atoms with van der Waals surface area (Å²) < 4.78 is 6.69. The maximum Gasteiger partial charge on any atom is 0.244 e. The molecule has 1 aromatic carbocycles. The lowest BCUT2D eigenvalue weighted by atomic mass is 9.92. The van der Waals surface area contributed by atoms with E-state index >= 15 is 0 Å². The fourth-order valence-corrected chi connectivity index (χ4v) is 2.82. The molecule has 1 aromatic rings. The summed E-state index contributed by atoms with van der Waals surface area (Å²) in [6.45, 7) is 2.77. The van der Waals surface area contributed by atoms with Crippen LogP contribution in [0.15, 0.2) is 28.7 Å². The van der Waals surface area contributed by atoms with Gasteiger partial charge in [0, 0.05) is 11.0 Å². The molecule has 1 saturated carbocycles. The Kier molecular flexibility index (Phi) is 7.83. The van der Waals surface area contributed by atoms with Crippen LogP contribution >= 0.6 is 28.3 Å². The maximum atomic E-state index is 12.2. The molecule has 22 heavy (non-hydrogen) atoms. The number of amides is 1. The van der Waals surface area contributed by atoms with E-state index < -0.39 is 5.54 Å². The highest BCUT2D eigenvalue weighted by molar-refractivity contribution is 9.10. The van der Waals surface area contributed by atoms with E-state index in [1.54, 1.807) is 6.92 Å². The molecule has 4 nitrogen and oxygen atoms in total. The van der Waals surface area contributed by atoms with Gasteiger partial charge in [0.1, 0.15) is 5.54 Å². The van der Waals surface area contributed by atoms with Gasteiger partial charge in [-0.3, -0.25) is 4.79 Å². The third-order valence-electron chi connectivity index (χ3n) is 3.96. The van der Waals surface area contributed by atoms with Crippen LogP contribution in [0.4, 0.5) is 0 Å². The minimum atomic E-state index is -1.03. The Labute approximate surface area is 146 Å². The summed E-state index contributed by atoms with van der Waals surface area (Å²) >= 11 is 3.37. The van der Waals surface area contributed by atoms with Crippen molar-refractivity contribution in [3.8, 4) is 0 Å². The minimum Gasteiger partial charge on any atom is -0.376 e. The lowest BCUT2D eigenvalue weighted by molar-refractivity contribution is -0.126. The normalized spacial score (nSPS) is 17.6. The number of halogens is 2. The third kappa shape index (κ3) is 5.23. The van der Waals surface area contributed by atoms with Crippen LogP contribution in [-0.4, -0.2) is 25.2 Å². The number of hydrogen-bond acceptors (Lipinski definition) is 3. The van der Waals surface area contributed by atoms with Gasteiger partial charge in [-0.1, -0.05) is 40.9 Å². The van der Waals surface area contributed by atoms with Gasteiger partial charge in [0.25, 0.3) is 0 Å². The highest BCUT2D eigenvalue weighted by atomic mass is 79.9. The first-order valence-corrected chi connectivity index (χ1v) is 8.24. The Balaban J connectivity index is 0.00000242. The van der Waals surface area contributed by atoms with Gasteiger partial charge in [0.15, 0.2) is 0 Å². The average Bonchev–Trinajstić information content (AvgIpc) is 2.97. The van der Waals surface area contributed by atoms with Gasteiger partial charge >= 0.3 is 0 Å². The lowest BCUT2D eigenvalue weighted by Gasteiger charge is -2.24. The Bertz CT molecular complexity index is 474. The summed E-state index contributed by atoms with van der Waals surface area (Å²) in [5.74, 6) is -0.181. The molecule has 3 N–H and O–H groups in total. The molecule has 0 bridgehead atoms. The van der Waals surface area contributed by atoms with Gasteiger partial charge in [0.05, 0.1) is 12.7 Å². The van der Waals surface area contributed by atoms with Crippen LogP contribution in [0.2, 0.25) is 0 Å². The molecule has 0 saturated heterocycles. The van der Waals surface area contributed by atoms with Crippen LogP contribution < -0.4 is 11.1 Å². The van der Waals surface area contributed by atoms with Crippen molar-refractivity contribution in [2.75, 3.05) is 13.2 Å². The van der Waals surface area contributed by atoms with Gasteiger partial charge in [-0.15, -0.1) is 12.4 Å². The first-order valence-electron chi connectivity index (χ1n) is 7.45. The number of rotatable bonds is 6. The standard InChI is InChI=1S/C16H23BrN2O2.ClH/c1-16(18,12-6-8-13(17)9-7-12)15(20)19-10-11-21-14-4-2-3-5-14;/h6-9,14H,2-5,10-11,18H2,1H3,(H,19,20);1H. The molecule has 0 radical (unpaired) electrons. The van der Waals surface area contributed by atoms with Crippen molar-refractivity contribution in [1.29, 1.82) is 0 Å². The van der Waals surface area contributed by atoms with E-state index in [9.17, 15) is 4.79 Å². The molecule has 124 valence electrons. The van der Waals surface area contributed by atoms with E-state index in [2.05, 4.69) is 21.2 Å². The summed E-state index contributed by atoms with van der Waals surface area (Å²) in [6, 6.07) is 7.49. The number of hydrogen-bond donors (Lipinski definition) is 2. The zero-order valence-electron chi connectivity index (χ0n) is 12.8. The summed E-state index contributed by atoms with van der Waals surface area (Å²) in [5, 5.41) is 2.86. The predicted molar refractivity (Wildman–Crippen MR) is 94.1 cm³/mol. The van der Waals surface area contributed by atoms with Crippen molar-refractivity contribution in [2.45, 2.75) is 44.2 Å². The lowest BCUT2D eigenvalue weighted by Crippen LogP contribution is -2.49. The fourth-order valence-electron chi connectivity index (χ4n) is 2.56. The second kappa shape index (κ2) is 8.87. The first-order chi connectivity index (χ1) is 10.00. The molecule has 6 heteroatoms. The largest absolute Gasteiger partial charge is 0.376 e. The van der Waals surface area contributed by atoms with Crippen LogP contribution in [0.1, 0.15) is 38.2 Å². The Morgan fingerprint density at radius 3 is 2.55 bits per heavy atom. The molecule has 1 aliphatic carbocycles. The molecule has 0 aromatic heterocycles. The molecule has 0 aliphatic heterocycles. The zero-order valence-corrected chi connectivity index (χ0v) is 15.2. The second-order valence-electron chi connectivity index (χ2n) is 5.74. The van der Waals surface area contributed by atoms with Crippen LogP contribution in [0.3, 0.4) is 0 Å². The van der Waals surface area contributed by atoms with Crippen LogP contribution in [0.25, 0.3) is 0 Å². The molecular weight excluding hydrogens is 368 g/mol. The van der Waals surface area contributed by atoms with Gasteiger partial charge in [-0.2, -0.15) is 0 Å². The van der Waals surface area contributed by atoms with Gasteiger partial charge in [0.2, 0.25) is 5.91 Å². The molecule has 1 aliphatic rings. The molecule has 1 amide bonds. The van der Waals surface area contributed by atoms with Crippen LogP contribution in [-0.2, 0) is 15.1 Å². The third-order valence-corrected chi connectivity index (χ3v) is 4.49. The zero-order chi connectivity index (χ0) is 15.3. The number of nitrogens with two attached hydrogens (primary N) is 1. The van der Waals surface area contributed by atoms with Crippen molar-refractivity contribution in [3.63, 3.8) is 0 Å². The van der Waals surface area contributed by atoms with Gasteiger partial charge < -0.3 is 15.8 Å². The summed E-state index contributed by atoms with van der Waals surface area (Å²) in [6.07, 6.45) is 5.16. The van der Waals surface area contributed by atoms with Crippen LogP contribution in [0, 0.1) is 0 Å². The Morgan fingerprint density at radius 2 is 1.95 bits per heavy atom. The summed E-state index contributed by atoms with van der Waals surface area (Å²) in [4.78, 5) is 12.2. The van der Waals surface area contributed by atoms with Crippen LogP contribution in [0.5, 0.6) is 0 Å². The molecule has 1 fully saturated rings. The first kappa shape index (κ1) is 19.4. The van der Waals surface area contributed by atoms with E-state index in [1.165, 1.54) is 12.8 Å². The van der Waals surface area contributed by atoms with Crippen molar-refractivity contribution in [2.24, 2.45) is 5.73 Å². The van der Waals surface area contributed by atoms with E-state index in [0.29, 0.717) is 19.3 Å². The van der Waals surface area contributed by atoms with Crippen molar-refractivity contribution in [3.05, 3.63) is 34.3 Å². The summed E-state index contributed by atoms with van der Waals surface area (Å²) in [5.41, 5.74) is 5.93. The quantitative estimate of drug-likeness (QED) is 0.732. The number of benzene rings is 1. The Hall–Kier alpha value is -0.620. The number of ether oxygens (including phenoxy) is 1. The smallest absolute Gasteiger partial charge is 0.244 e. The van der Waals surface area contributed by atoms with E-state index in [0.717, 1.165) is 22.9 Å². The van der Waals surface area contributed by atoms with E-state index in [4.69, 9.17) is 10.5 Å². The predicted octanol–water partition coefficient (Wildman–Crippen LogP) is 3.12. The number of nitrogens with one attached hydrogen (secondary N) is 1. The maximum absolute atomic E-state index is 12.2. The number of carbonyl (C=O) groups is 1. The van der Waals surface area contributed by atoms with Crippen molar-refractivity contribution in [1.82, 2.24) is 5.32 Å². The van der Waals surface area contributed by atoms with Crippen molar-refractivity contribution >= 4 is 34.2 Å². The minimum absolute atomic E-state index is 0. The second-order valence-corrected chi connectivity index (χ2v) is 6.66. The van der Waals surface area contributed by atoms with E-state index in [1.807, 2.05) is 24.3 Å². The molecule has 1 unspecified atom stereocenters. The summed E-state index contributed by atoms with van der Waals surface area (Å²) in [7, 11) is 0.